The van der Waals surface area contributed by atoms with E-state index in [4.69, 9.17) is 58.5 Å². The van der Waals surface area contributed by atoms with Crippen LogP contribution in [0.1, 0.15) is 88.5 Å². The van der Waals surface area contributed by atoms with E-state index in [1.54, 1.807) is 13.0 Å². The Kier molecular flexibility index (Phi) is 14.5. The summed E-state index contributed by atoms with van der Waals surface area (Å²) in [6.07, 6.45) is 5.01. The second-order valence-corrected chi connectivity index (χ2v) is 26.7. The van der Waals surface area contributed by atoms with E-state index < -0.39 is 33.6 Å². The third-order valence-corrected chi connectivity index (χ3v) is 21.1. The van der Waals surface area contributed by atoms with Gasteiger partial charge in [0, 0.05) is 0 Å². The van der Waals surface area contributed by atoms with E-state index >= 15 is 0 Å². The Hall–Kier alpha value is -8.07. The maximum absolute atomic E-state index is 12.7. The third kappa shape index (κ3) is 9.42. The van der Waals surface area contributed by atoms with Crippen molar-refractivity contribution in [3.05, 3.63) is 142 Å². The molecule has 14 rings (SSSR count). The summed E-state index contributed by atoms with van der Waals surface area (Å²) in [6, 6.07) is 34.4. The molecule has 0 fully saturated rings. The Bertz CT molecular complexity index is 4980. The Morgan fingerprint density at radius 1 is 0.529 bits per heavy atom. The van der Waals surface area contributed by atoms with Gasteiger partial charge in [-0.15, -0.1) is 0 Å². The number of aliphatic imine (C=N–C) groups is 4. The number of aromatic nitrogens is 2. The molecule has 423 valence electrons. The zero-order valence-electron chi connectivity index (χ0n) is 46.6. The summed E-state index contributed by atoms with van der Waals surface area (Å²) in [5, 5.41) is 21.9. The molecule has 0 saturated carbocycles. The monoisotopic (exact) mass is 1270 g/mol. The molecular formula is C64H52InN8O10S2. The summed E-state index contributed by atoms with van der Waals surface area (Å²) in [4.78, 5) is 34.3. The average molecular weight is 1270 g/mol. The SMILES string of the molecule is CC#CCOc1c2ccccc2c(OCCCC)c2c3[n]4c(c12)N=C1N=C(N=c2c5c(OCCCC)c6ccccc6c(OCCCC)c5c([n]2[In]4)=NC2=NC(=N3)c3cc4ccc(S(=O)(=O)O)cc4cc32)c2cc3ccc(SOOO)cc3cc21. The number of rotatable bonds is 18. The van der Waals surface area contributed by atoms with Crippen molar-refractivity contribution in [1.29, 1.82) is 0 Å². The molecule has 18 nitrogen and oxygen atoms in total. The van der Waals surface area contributed by atoms with Gasteiger partial charge in [0.25, 0.3) is 0 Å². The van der Waals surface area contributed by atoms with E-state index in [0.29, 0.717) is 143 Å². The van der Waals surface area contributed by atoms with Crippen molar-refractivity contribution in [3.63, 3.8) is 0 Å². The number of benzene rings is 8. The van der Waals surface area contributed by atoms with Gasteiger partial charge in [-0.3, -0.25) is 0 Å². The first-order valence-electron chi connectivity index (χ1n) is 28.2. The molecule has 6 heterocycles. The molecule has 2 N–H and O–H groups in total. The van der Waals surface area contributed by atoms with Crippen LogP contribution in [0.15, 0.2) is 149 Å². The van der Waals surface area contributed by atoms with Gasteiger partial charge >= 0.3 is 501 Å². The van der Waals surface area contributed by atoms with Crippen molar-refractivity contribution in [2.75, 3.05) is 26.4 Å². The van der Waals surface area contributed by atoms with Crippen molar-refractivity contribution >= 4 is 145 Å². The fourth-order valence-corrected chi connectivity index (χ4v) is 16.5. The Morgan fingerprint density at radius 2 is 0.976 bits per heavy atom. The number of hydrogen-bond donors (Lipinski definition) is 2. The second-order valence-electron chi connectivity index (χ2n) is 20.9. The van der Waals surface area contributed by atoms with Crippen LogP contribution in [0.5, 0.6) is 23.0 Å². The van der Waals surface area contributed by atoms with Gasteiger partial charge in [-0.1, -0.05) is 0 Å². The normalized spacial score (nSPS) is 13.8. The molecule has 4 aliphatic heterocycles. The molecule has 2 aromatic heterocycles. The van der Waals surface area contributed by atoms with Gasteiger partial charge in [0.15, 0.2) is 0 Å². The molecule has 0 spiro atoms. The average Bonchev–Trinajstić information content (AvgIpc) is 1.60. The molecule has 6 bridgehead atoms. The van der Waals surface area contributed by atoms with Gasteiger partial charge in [0.1, 0.15) is 0 Å². The van der Waals surface area contributed by atoms with Gasteiger partial charge in [0.2, 0.25) is 0 Å². The summed E-state index contributed by atoms with van der Waals surface area (Å²) in [7, 11) is -4.57. The molecular weight excluding hydrogens is 1220 g/mol. The zero-order chi connectivity index (χ0) is 58.1. The van der Waals surface area contributed by atoms with Crippen LogP contribution in [0.2, 0.25) is 0 Å². The van der Waals surface area contributed by atoms with Crippen LogP contribution in [0, 0.1) is 11.8 Å². The Balaban J connectivity index is 1.22. The van der Waals surface area contributed by atoms with Gasteiger partial charge in [-0.05, 0) is 0 Å². The predicted molar refractivity (Wildman–Crippen MR) is 332 cm³/mol. The number of nitrogens with zero attached hydrogens (tertiary/aromatic N) is 8. The van der Waals surface area contributed by atoms with Crippen molar-refractivity contribution < 1.29 is 46.5 Å². The quantitative estimate of drug-likeness (QED) is 0.0206. The first-order chi connectivity index (χ1) is 41.6. The predicted octanol–water partition coefficient (Wildman–Crippen LogP) is 12.7. The van der Waals surface area contributed by atoms with Crippen LogP contribution in [0.4, 0.5) is 11.6 Å². The van der Waals surface area contributed by atoms with E-state index in [1.807, 2.05) is 72.8 Å². The van der Waals surface area contributed by atoms with Crippen LogP contribution in [-0.4, -0.2) is 96.6 Å². The van der Waals surface area contributed by atoms with Crippen molar-refractivity contribution in [1.82, 2.24) is 5.11 Å². The molecule has 8 aromatic carbocycles. The van der Waals surface area contributed by atoms with Crippen LogP contribution >= 0.6 is 12.0 Å². The van der Waals surface area contributed by atoms with Gasteiger partial charge in [0.05, 0.1) is 0 Å². The molecule has 0 atom stereocenters. The summed E-state index contributed by atoms with van der Waals surface area (Å²) in [5.74, 6) is 11.0. The fourth-order valence-electron chi connectivity index (χ4n) is 11.5. The number of fused-ring (bicyclic) bond motifs is 18. The first kappa shape index (κ1) is 54.8. The van der Waals surface area contributed by atoms with Crippen molar-refractivity contribution in [2.45, 2.75) is 76.0 Å². The standard InChI is InChI=1S/C64H52N8O10S2.In/c1-5-9-25-77-53-41-17-13-15-19-43(41)55(79-27-11-7-3)51-49(53)62-68-58-46-32-36-22-24-40(84(74,75)76)30-38(36)34-48(46)60(66-58)70-64-52-50(54(78-26-10-6-2)42-18-14-16-20-44(42)56(52)80-28-12-8-4)61(72-64)67-57-45-31-35-21-23-39(83-82-81-73)29-37(35)33-47(45)59(65-57)69-63(51)71-62;/h13-24,29-34H,5-6,8-10,12,25-28H2,1-4H3,(H2-2,65,66,67,68,69,70,71,72,73,74,75,76);/q-2;+2. The number of hydrogen-bond acceptors (Lipinski definition) is 16. The van der Waals surface area contributed by atoms with E-state index in [9.17, 15) is 13.0 Å². The topological polar surface area (TPSA) is 214 Å². The fraction of sp³-hybridized carbons (Fsp3) is 0.219. The molecule has 4 aliphatic rings. The molecule has 0 aliphatic carbocycles. The molecule has 1 radical (unpaired) electrons. The van der Waals surface area contributed by atoms with E-state index in [-0.39, 0.29) is 11.5 Å². The Labute approximate surface area is 503 Å². The summed E-state index contributed by atoms with van der Waals surface area (Å²) >= 11 is -2.03. The van der Waals surface area contributed by atoms with Crippen LogP contribution in [0.3, 0.4) is 0 Å². The van der Waals surface area contributed by atoms with Crippen LogP contribution in [-0.2, 0) is 19.5 Å². The molecule has 0 unspecified atom stereocenters. The number of unbranched alkanes of at least 4 members (excludes halogenated alkanes) is 3. The number of ether oxygens (including phenoxy) is 4. The van der Waals surface area contributed by atoms with Gasteiger partial charge < -0.3 is 0 Å². The minimum absolute atomic E-state index is 0.0679. The zero-order valence-corrected chi connectivity index (χ0v) is 51.5. The van der Waals surface area contributed by atoms with E-state index in [1.165, 1.54) is 12.1 Å². The van der Waals surface area contributed by atoms with Crippen molar-refractivity contribution in [2.24, 2.45) is 30.0 Å². The molecule has 0 amide bonds. The maximum atomic E-state index is 12.7. The van der Waals surface area contributed by atoms with E-state index in [0.717, 1.165) is 88.4 Å². The van der Waals surface area contributed by atoms with Crippen molar-refractivity contribution in [3.8, 4) is 34.8 Å². The van der Waals surface area contributed by atoms with E-state index in [2.05, 4.69) is 61.0 Å². The first-order valence-corrected chi connectivity index (χ1v) is 33.3. The van der Waals surface area contributed by atoms with Crippen LogP contribution < -0.4 is 29.9 Å². The molecule has 0 saturated heterocycles. The summed E-state index contributed by atoms with van der Waals surface area (Å²) in [5.41, 5.74) is 3.73. The minimum atomic E-state index is -4.57. The van der Waals surface area contributed by atoms with Gasteiger partial charge in [-0.2, -0.15) is 0 Å². The third-order valence-electron chi connectivity index (χ3n) is 15.6. The molecule has 10 aromatic rings. The van der Waals surface area contributed by atoms with Crippen LogP contribution in [0.25, 0.3) is 64.6 Å². The molecule has 21 heteroatoms. The Morgan fingerprint density at radius 3 is 1.45 bits per heavy atom. The number of amidine groups is 4. The molecule has 85 heavy (non-hydrogen) atoms. The van der Waals surface area contributed by atoms with Gasteiger partial charge in [-0.25, -0.2) is 5.26 Å². The summed E-state index contributed by atoms with van der Waals surface area (Å²) in [6.45, 7) is 9.47. The second kappa shape index (κ2) is 22.4. The summed E-state index contributed by atoms with van der Waals surface area (Å²) < 4.78 is 73.3.